The summed E-state index contributed by atoms with van der Waals surface area (Å²) < 4.78 is 9.96. The zero-order valence-corrected chi connectivity index (χ0v) is 19.1. The molecule has 0 spiro atoms. The molecule has 1 aliphatic rings. The molecular weight excluding hydrogens is 396 g/mol. The van der Waals surface area contributed by atoms with Crippen LogP contribution in [0.2, 0.25) is 0 Å². The molecule has 2 aromatic carbocycles. The van der Waals surface area contributed by atoms with Gasteiger partial charge < -0.3 is 9.30 Å². The summed E-state index contributed by atoms with van der Waals surface area (Å²) in [5.41, 5.74) is 9.16. The first-order valence-electron chi connectivity index (χ1n) is 11.6. The van der Waals surface area contributed by atoms with Gasteiger partial charge in [0.25, 0.3) is 0 Å². The van der Waals surface area contributed by atoms with Gasteiger partial charge in [-0.2, -0.15) is 0 Å². The van der Waals surface area contributed by atoms with E-state index in [0.29, 0.717) is 6.42 Å². The number of ether oxygens (including phenoxy) is 1. The minimum Gasteiger partial charge on any atom is -0.497 e. The van der Waals surface area contributed by atoms with Crippen molar-refractivity contribution in [2.75, 3.05) is 7.11 Å². The third-order valence-electron chi connectivity index (χ3n) is 6.60. The molecule has 0 radical (unpaired) electrons. The largest absolute Gasteiger partial charge is 0.497 e. The molecule has 0 aliphatic carbocycles. The van der Waals surface area contributed by atoms with Crippen molar-refractivity contribution in [3.8, 4) is 28.1 Å². The van der Waals surface area contributed by atoms with E-state index in [1.807, 2.05) is 12.1 Å². The Labute approximate surface area is 189 Å². The predicted molar refractivity (Wildman–Crippen MR) is 130 cm³/mol. The van der Waals surface area contributed by atoms with E-state index in [-0.39, 0.29) is 5.78 Å². The molecule has 5 rings (SSSR count). The van der Waals surface area contributed by atoms with Gasteiger partial charge in [-0.05, 0) is 68.0 Å². The number of nitrogens with zero attached hydrogens (tertiary/aromatic N) is 2. The topological polar surface area (TPSA) is 35.6 Å². The number of methoxy groups -OCH3 is 1. The molecule has 0 unspecified atom stereocenters. The van der Waals surface area contributed by atoms with Gasteiger partial charge in [0.2, 0.25) is 0 Å². The number of benzene rings is 2. The van der Waals surface area contributed by atoms with Crippen molar-refractivity contribution in [3.63, 3.8) is 0 Å². The lowest BCUT2D eigenvalue weighted by atomic mass is 9.95. The van der Waals surface area contributed by atoms with Crippen LogP contribution in [0.3, 0.4) is 0 Å². The molecule has 0 amide bonds. The van der Waals surface area contributed by atoms with Crippen LogP contribution in [0.15, 0.2) is 54.7 Å². The van der Waals surface area contributed by atoms with Gasteiger partial charge >= 0.3 is 0 Å². The molecule has 0 atom stereocenters. The second kappa shape index (κ2) is 8.34. The van der Waals surface area contributed by atoms with E-state index in [1.165, 1.54) is 16.8 Å². The number of aromatic nitrogens is 2. The van der Waals surface area contributed by atoms with Gasteiger partial charge in [-0.3, -0.25) is 9.20 Å². The zero-order valence-electron chi connectivity index (χ0n) is 19.1. The quantitative estimate of drug-likeness (QED) is 0.321. The maximum Gasteiger partial charge on any atom is 0.180 e. The highest BCUT2D eigenvalue weighted by Crippen LogP contribution is 2.40. The Morgan fingerprint density at radius 3 is 2.41 bits per heavy atom. The standard InChI is InChI=1S/C28H30N2O2/c1-4-7-25(31)27-26(21-11-9-19(2)10-12-21)23-8-5-6-17-29-24(18-30(27)28(23)29)20-13-15-22(32-3)16-14-20/h9-16,18H,4-8,17H2,1-3H3. The molecule has 3 heterocycles. The van der Waals surface area contributed by atoms with Crippen LogP contribution in [-0.4, -0.2) is 21.9 Å². The highest BCUT2D eigenvalue weighted by Gasteiger charge is 2.29. The Morgan fingerprint density at radius 1 is 1.00 bits per heavy atom. The molecule has 2 aromatic heterocycles. The summed E-state index contributed by atoms with van der Waals surface area (Å²) >= 11 is 0. The van der Waals surface area contributed by atoms with Gasteiger partial charge in [-0.25, -0.2) is 0 Å². The van der Waals surface area contributed by atoms with Crippen molar-refractivity contribution in [1.29, 1.82) is 0 Å². The number of imidazole rings is 1. The van der Waals surface area contributed by atoms with Crippen molar-refractivity contribution >= 4 is 11.4 Å². The Morgan fingerprint density at radius 2 is 1.72 bits per heavy atom. The first-order chi connectivity index (χ1) is 15.6. The summed E-state index contributed by atoms with van der Waals surface area (Å²) in [6.45, 7) is 5.14. The normalized spacial score (nSPS) is 13.3. The van der Waals surface area contributed by atoms with Crippen LogP contribution < -0.4 is 4.74 Å². The summed E-state index contributed by atoms with van der Waals surface area (Å²) in [6, 6.07) is 16.9. The maximum absolute atomic E-state index is 13.4. The summed E-state index contributed by atoms with van der Waals surface area (Å²) in [5, 5.41) is 0. The van der Waals surface area contributed by atoms with Gasteiger partial charge in [0.05, 0.1) is 18.5 Å². The molecular formula is C28H30N2O2. The third kappa shape index (κ3) is 3.35. The van der Waals surface area contributed by atoms with E-state index in [4.69, 9.17) is 4.74 Å². The molecule has 0 bridgehead atoms. The second-order valence-electron chi connectivity index (χ2n) is 8.79. The molecule has 0 saturated heterocycles. The highest BCUT2D eigenvalue weighted by molar-refractivity contribution is 6.04. The number of carbonyl (C=O) groups is 1. The van der Waals surface area contributed by atoms with Crippen LogP contribution in [0.5, 0.6) is 5.75 Å². The van der Waals surface area contributed by atoms with Crippen molar-refractivity contribution in [2.45, 2.75) is 52.5 Å². The number of rotatable bonds is 6. The molecule has 0 N–H and O–H groups in total. The Hall–Kier alpha value is -3.27. The van der Waals surface area contributed by atoms with Gasteiger partial charge in [-0.1, -0.05) is 36.8 Å². The molecule has 4 nitrogen and oxygen atoms in total. The summed E-state index contributed by atoms with van der Waals surface area (Å²) in [7, 11) is 1.69. The first kappa shape index (κ1) is 20.6. The SMILES string of the molecule is CCCC(=O)c1c(-c2ccc(C)cc2)c2c3n(c(-c4ccc(OC)cc4)cn13)CCCC2. The maximum atomic E-state index is 13.4. The van der Waals surface area contributed by atoms with Crippen LogP contribution >= 0.6 is 0 Å². The van der Waals surface area contributed by atoms with Crippen LogP contribution in [0.4, 0.5) is 0 Å². The fraction of sp³-hybridized carbons (Fsp3) is 0.321. The number of hydrogen-bond donors (Lipinski definition) is 0. The fourth-order valence-corrected chi connectivity index (χ4v) is 5.03. The molecule has 164 valence electrons. The summed E-state index contributed by atoms with van der Waals surface area (Å²) in [5.74, 6) is 1.08. The lowest BCUT2D eigenvalue weighted by Gasteiger charge is -2.10. The van der Waals surface area contributed by atoms with Gasteiger partial charge in [0, 0.05) is 30.3 Å². The number of carbonyl (C=O) groups excluding carboxylic acids is 1. The predicted octanol–water partition coefficient (Wildman–Crippen LogP) is 6.71. The van der Waals surface area contributed by atoms with Crippen molar-refractivity contribution in [2.24, 2.45) is 0 Å². The van der Waals surface area contributed by atoms with Crippen LogP contribution in [0, 0.1) is 6.92 Å². The lowest BCUT2D eigenvalue weighted by molar-refractivity contribution is 0.0977. The Kier molecular flexibility index (Phi) is 5.38. The minimum absolute atomic E-state index is 0.225. The average Bonchev–Trinajstić information content (AvgIpc) is 3.22. The smallest absolute Gasteiger partial charge is 0.180 e. The van der Waals surface area contributed by atoms with Gasteiger partial charge in [0.15, 0.2) is 5.78 Å². The number of Topliss-reactive ketones (excluding diaryl/α,β-unsaturated/α-hetero) is 1. The second-order valence-corrected chi connectivity index (χ2v) is 8.79. The Balaban J connectivity index is 1.80. The average molecular weight is 427 g/mol. The lowest BCUT2D eigenvalue weighted by Crippen LogP contribution is -2.04. The number of ketones is 1. The van der Waals surface area contributed by atoms with Crippen molar-refractivity contribution < 1.29 is 9.53 Å². The summed E-state index contributed by atoms with van der Waals surface area (Å²) in [4.78, 5) is 13.4. The Bertz CT molecular complexity index is 1270. The van der Waals surface area contributed by atoms with E-state index in [9.17, 15) is 4.79 Å². The van der Waals surface area contributed by atoms with E-state index < -0.39 is 0 Å². The number of hydrogen-bond acceptors (Lipinski definition) is 2. The molecule has 0 saturated carbocycles. The van der Waals surface area contributed by atoms with E-state index >= 15 is 0 Å². The van der Waals surface area contributed by atoms with Gasteiger partial charge in [-0.15, -0.1) is 0 Å². The van der Waals surface area contributed by atoms with E-state index in [2.05, 4.69) is 65.4 Å². The molecule has 32 heavy (non-hydrogen) atoms. The molecule has 1 aliphatic heterocycles. The van der Waals surface area contributed by atoms with E-state index in [1.54, 1.807) is 7.11 Å². The van der Waals surface area contributed by atoms with Crippen LogP contribution in [-0.2, 0) is 13.0 Å². The van der Waals surface area contributed by atoms with E-state index in [0.717, 1.165) is 66.1 Å². The molecule has 4 aromatic rings. The third-order valence-corrected chi connectivity index (χ3v) is 6.60. The first-order valence-corrected chi connectivity index (χ1v) is 11.6. The molecule has 0 fully saturated rings. The fourth-order valence-electron chi connectivity index (χ4n) is 5.03. The van der Waals surface area contributed by atoms with Gasteiger partial charge in [0.1, 0.15) is 11.4 Å². The monoisotopic (exact) mass is 426 g/mol. The summed E-state index contributed by atoms with van der Waals surface area (Å²) in [6.07, 6.45) is 6.84. The van der Waals surface area contributed by atoms with Crippen molar-refractivity contribution in [3.05, 3.63) is 71.5 Å². The number of aryl methyl sites for hydroxylation is 3. The van der Waals surface area contributed by atoms with Crippen LogP contribution in [0.1, 0.15) is 54.2 Å². The van der Waals surface area contributed by atoms with Crippen LogP contribution in [0.25, 0.3) is 28.0 Å². The molecule has 4 heteroatoms. The van der Waals surface area contributed by atoms with Crippen molar-refractivity contribution in [1.82, 2.24) is 8.97 Å². The zero-order chi connectivity index (χ0) is 22.2. The highest BCUT2D eigenvalue weighted by atomic mass is 16.5. The minimum atomic E-state index is 0.225.